The number of amidine groups is 1. The number of pyridine rings is 1. The van der Waals surface area contributed by atoms with Gasteiger partial charge in [-0.15, -0.1) is 0 Å². The third kappa shape index (κ3) is 3.21. The molecular formula is C17H15N3O3. The van der Waals surface area contributed by atoms with Gasteiger partial charge in [0.25, 0.3) is 5.91 Å². The van der Waals surface area contributed by atoms with Gasteiger partial charge in [0.1, 0.15) is 23.0 Å². The molecule has 23 heavy (non-hydrogen) atoms. The number of aliphatic imine (C=N–C) groups is 1. The van der Waals surface area contributed by atoms with Crippen LogP contribution in [0, 0.1) is 0 Å². The Balaban J connectivity index is 1.97. The molecule has 1 N–H and O–H groups in total. The Bertz CT molecular complexity index is 776. The lowest BCUT2D eigenvalue weighted by atomic mass is 10.2. The minimum Gasteiger partial charge on any atom is -0.497 e. The van der Waals surface area contributed by atoms with Crippen LogP contribution in [-0.2, 0) is 4.79 Å². The van der Waals surface area contributed by atoms with Crippen LogP contribution in [0.4, 0.5) is 0 Å². The zero-order valence-corrected chi connectivity index (χ0v) is 12.7. The van der Waals surface area contributed by atoms with Crippen LogP contribution in [0.3, 0.4) is 0 Å². The first-order chi connectivity index (χ1) is 11.2. The number of benzene rings is 1. The van der Waals surface area contributed by atoms with Gasteiger partial charge in [0.05, 0.1) is 14.2 Å². The standard InChI is InChI=1S/C17H15N3O3/c1-22-13-7-12(8-14(9-13)23-2)16-19-15(17(21)20-16)6-11-4-3-5-18-10-11/h3-10H,1-2H3,(H,19,20,21)/b15-6+. The molecule has 0 aliphatic carbocycles. The Kier molecular flexibility index (Phi) is 4.05. The lowest BCUT2D eigenvalue weighted by molar-refractivity contribution is -0.115. The number of nitrogens with one attached hydrogen (secondary N) is 1. The monoisotopic (exact) mass is 309 g/mol. The highest BCUT2D eigenvalue weighted by Gasteiger charge is 2.22. The fourth-order valence-electron chi connectivity index (χ4n) is 2.17. The van der Waals surface area contributed by atoms with Crippen molar-refractivity contribution in [3.05, 3.63) is 59.5 Å². The van der Waals surface area contributed by atoms with Crippen LogP contribution in [0.25, 0.3) is 6.08 Å². The SMILES string of the molecule is COc1cc(OC)cc(C2=N/C(=C/c3cccnc3)C(=O)N2)c1. The van der Waals surface area contributed by atoms with Crippen LogP contribution in [0.5, 0.6) is 11.5 Å². The molecule has 1 aromatic carbocycles. The van der Waals surface area contributed by atoms with Crippen molar-refractivity contribution in [1.82, 2.24) is 10.3 Å². The van der Waals surface area contributed by atoms with E-state index in [9.17, 15) is 4.79 Å². The van der Waals surface area contributed by atoms with E-state index in [1.165, 1.54) is 0 Å². The summed E-state index contributed by atoms with van der Waals surface area (Å²) in [5.41, 5.74) is 1.85. The molecule has 0 atom stereocenters. The van der Waals surface area contributed by atoms with Gasteiger partial charge in [0, 0.05) is 24.0 Å². The molecule has 116 valence electrons. The molecule has 6 heteroatoms. The predicted octanol–water partition coefficient (Wildman–Crippen LogP) is 2.02. The molecule has 0 saturated carbocycles. The molecule has 2 aromatic rings. The fraction of sp³-hybridized carbons (Fsp3) is 0.118. The van der Waals surface area contributed by atoms with Gasteiger partial charge in [0.2, 0.25) is 0 Å². The van der Waals surface area contributed by atoms with E-state index in [2.05, 4.69) is 15.3 Å². The van der Waals surface area contributed by atoms with Gasteiger partial charge < -0.3 is 14.8 Å². The minimum absolute atomic E-state index is 0.259. The van der Waals surface area contributed by atoms with E-state index in [4.69, 9.17) is 9.47 Å². The molecule has 0 unspecified atom stereocenters. The normalized spacial score (nSPS) is 15.3. The first kappa shape index (κ1) is 14.8. The number of ether oxygens (including phenoxy) is 2. The Hall–Kier alpha value is -3.15. The molecule has 0 fully saturated rings. The second kappa shape index (κ2) is 6.31. The molecule has 0 bridgehead atoms. The fourth-order valence-corrected chi connectivity index (χ4v) is 2.17. The third-order valence-corrected chi connectivity index (χ3v) is 3.31. The van der Waals surface area contributed by atoms with Crippen LogP contribution in [-0.4, -0.2) is 30.9 Å². The Morgan fingerprint density at radius 3 is 2.48 bits per heavy atom. The molecule has 1 aromatic heterocycles. The van der Waals surface area contributed by atoms with E-state index in [0.29, 0.717) is 28.6 Å². The average molecular weight is 309 g/mol. The van der Waals surface area contributed by atoms with Crippen molar-refractivity contribution in [3.63, 3.8) is 0 Å². The lowest BCUT2D eigenvalue weighted by Crippen LogP contribution is -2.24. The number of nitrogens with zero attached hydrogens (tertiary/aromatic N) is 2. The van der Waals surface area contributed by atoms with Crippen molar-refractivity contribution < 1.29 is 14.3 Å². The molecule has 1 amide bonds. The van der Waals surface area contributed by atoms with Crippen molar-refractivity contribution in [3.8, 4) is 11.5 Å². The van der Waals surface area contributed by atoms with Crippen LogP contribution in [0.1, 0.15) is 11.1 Å². The number of amides is 1. The highest BCUT2D eigenvalue weighted by molar-refractivity contribution is 6.20. The van der Waals surface area contributed by atoms with E-state index in [1.807, 2.05) is 6.07 Å². The zero-order chi connectivity index (χ0) is 16.2. The summed E-state index contributed by atoms with van der Waals surface area (Å²) in [5, 5.41) is 2.75. The second-order valence-electron chi connectivity index (χ2n) is 4.83. The Morgan fingerprint density at radius 2 is 1.87 bits per heavy atom. The maximum Gasteiger partial charge on any atom is 0.275 e. The number of hydrogen-bond acceptors (Lipinski definition) is 5. The molecule has 0 spiro atoms. The summed E-state index contributed by atoms with van der Waals surface area (Å²) >= 11 is 0. The summed E-state index contributed by atoms with van der Waals surface area (Å²) < 4.78 is 10.5. The van der Waals surface area contributed by atoms with Crippen molar-refractivity contribution in [2.24, 2.45) is 4.99 Å². The smallest absolute Gasteiger partial charge is 0.275 e. The molecule has 3 rings (SSSR count). The molecular weight excluding hydrogens is 294 g/mol. The molecule has 1 aliphatic heterocycles. The summed E-state index contributed by atoms with van der Waals surface area (Å²) in [5.74, 6) is 1.45. The molecule has 0 radical (unpaired) electrons. The summed E-state index contributed by atoms with van der Waals surface area (Å²) in [6, 6.07) is 8.99. The van der Waals surface area contributed by atoms with Crippen molar-refractivity contribution in [2.75, 3.05) is 14.2 Å². The van der Waals surface area contributed by atoms with E-state index in [1.54, 1.807) is 57.0 Å². The largest absolute Gasteiger partial charge is 0.497 e. The lowest BCUT2D eigenvalue weighted by Gasteiger charge is -2.08. The molecule has 1 aliphatic rings. The summed E-state index contributed by atoms with van der Waals surface area (Å²) in [6.45, 7) is 0. The summed E-state index contributed by atoms with van der Waals surface area (Å²) in [6.07, 6.45) is 5.03. The number of carbonyl (C=O) groups excluding carboxylic acids is 1. The van der Waals surface area contributed by atoms with E-state index in [0.717, 1.165) is 5.56 Å². The summed E-state index contributed by atoms with van der Waals surface area (Å²) in [7, 11) is 3.14. The van der Waals surface area contributed by atoms with E-state index < -0.39 is 0 Å². The van der Waals surface area contributed by atoms with E-state index >= 15 is 0 Å². The van der Waals surface area contributed by atoms with Crippen LogP contribution < -0.4 is 14.8 Å². The van der Waals surface area contributed by atoms with Crippen LogP contribution in [0.2, 0.25) is 0 Å². The number of hydrogen-bond donors (Lipinski definition) is 1. The Labute approximate surface area is 133 Å². The van der Waals surface area contributed by atoms with Gasteiger partial charge in [-0.25, -0.2) is 4.99 Å². The van der Waals surface area contributed by atoms with Gasteiger partial charge >= 0.3 is 0 Å². The number of aromatic nitrogens is 1. The third-order valence-electron chi connectivity index (χ3n) is 3.31. The molecule has 6 nitrogen and oxygen atoms in total. The number of methoxy groups -OCH3 is 2. The number of rotatable bonds is 4. The number of carbonyl (C=O) groups is 1. The van der Waals surface area contributed by atoms with E-state index in [-0.39, 0.29) is 5.91 Å². The van der Waals surface area contributed by atoms with Crippen LogP contribution >= 0.6 is 0 Å². The second-order valence-corrected chi connectivity index (χ2v) is 4.83. The van der Waals surface area contributed by atoms with Gasteiger partial charge in [-0.05, 0) is 29.8 Å². The van der Waals surface area contributed by atoms with Crippen molar-refractivity contribution in [1.29, 1.82) is 0 Å². The zero-order valence-electron chi connectivity index (χ0n) is 12.7. The first-order valence-corrected chi connectivity index (χ1v) is 6.95. The van der Waals surface area contributed by atoms with Crippen molar-refractivity contribution >= 4 is 17.8 Å². The maximum atomic E-state index is 12.1. The highest BCUT2D eigenvalue weighted by atomic mass is 16.5. The molecule has 0 saturated heterocycles. The quantitative estimate of drug-likeness (QED) is 0.877. The average Bonchev–Trinajstić information content (AvgIpc) is 2.96. The van der Waals surface area contributed by atoms with Crippen LogP contribution in [0.15, 0.2) is 53.4 Å². The maximum absolute atomic E-state index is 12.1. The van der Waals surface area contributed by atoms with Gasteiger partial charge in [-0.1, -0.05) is 6.07 Å². The van der Waals surface area contributed by atoms with Gasteiger partial charge in [0.15, 0.2) is 0 Å². The van der Waals surface area contributed by atoms with Gasteiger partial charge in [-0.3, -0.25) is 9.78 Å². The minimum atomic E-state index is -0.259. The Morgan fingerprint density at radius 1 is 1.13 bits per heavy atom. The first-order valence-electron chi connectivity index (χ1n) is 6.95. The topological polar surface area (TPSA) is 72.8 Å². The predicted molar refractivity (Wildman–Crippen MR) is 86.4 cm³/mol. The van der Waals surface area contributed by atoms with Gasteiger partial charge in [-0.2, -0.15) is 0 Å². The van der Waals surface area contributed by atoms with Crippen molar-refractivity contribution in [2.45, 2.75) is 0 Å². The highest BCUT2D eigenvalue weighted by Crippen LogP contribution is 2.24. The summed E-state index contributed by atoms with van der Waals surface area (Å²) in [4.78, 5) is 20.5. The molecule has 2 heterocycles.